The molecule has 1 saturated heterocycles. The van der Waals surface area contributed by atoms with E-state index in [9.17, 15) is 9.32 Å². The molecule has 39 heavy (non-hydrogen) atoms. The number of para-hydroxylation sites is 1. The fraction of sp³-hybridized carbons (Fsp3) is 0.321. The lowest BCUT2D eigenvalue weighted by Gasteiger charge is -2.36. The first-order chi connectivity index (χ1) is 19.1. The van der Waals surface area contributed by atoms with Crippen LogP contribution in [0.4, 0.5) is 17.1 Å². The number of rotatable bonds is 8. The van der Waals surface area contributed by atoms with Crippen molar-refractivity contribution < 1.29 is 18.8 Å². The van der Waals surface area contributed by atoms with Crippen LogP contribution in [0.3, 0.4) is 0 Å². The molecule has 10 nitrogen and oxygen atoms in total. The minimum absolute atomic E-state index is 0.348. The average Bonchev–Trinajstić information content (AvgIpc) is 3.47. The smallest absolute Gasteiger partial charge is 0.175 e. The molecule has 3 heterocycles. The van der Waals surface area contributed by atoms with Crippen LogP contribution in [0.2, 0.25) is 0 Å². The van der Waals surface area contributed by atoms with E-state index in [4.69, 9.17) is 9.47 Å². The molecule has 4 aromatic rings. The van der Waals surface area contributed by atoms with Crippen LogP contribution < -0.4 is 14.5 Å². The molecule has 0 amide bonds. The molecule has 1 aromatic heterocycles. The number of methoxy groups -OCH3 is 1. The Morgan fingerprint density at radius 1 is 1.00 bits per heavy atom. The van der Waals surface area contributed by atoms with Crippen LogP contribution in [0.25, 0.3) is 5.69 Å². The maximum Gasteiger partial charge on any atom is 0.175 e. The van der Waals surface area contributed by atoms with Crippen LogP contribution in [0.5, 0.6) is 5.75 Å². The van der Waals surface area contributed by atoms with Crippen molar-refractivity contribution in [1.82, 2.24) is 20.2 Å². The van der Waals surface area contributed by atoms with Crippen molar-refractivity contribution in [3.05, 3.63) is 72.6 Å². The number of benzene rings is 3. The van der Waals surface area contributed by atoms with Gasteiger partial charge in [-0.1, -0.05) is 12.1 Å². The zero-order valence-electron chi connectivity index (χ0n) is 21.6. The lowest BCUT2D eigenvalue weighted by atomic mass is 10.1. The molecule has 0 saturated carbocycles. The summed E-state index contributed by atoms with van der Waals surface area (Å²) < 4.78 is 24.2. The molecule has 202 valence electrons. The number of aliphatic hydroxyl groups is 1. The van der Waals surface area contributed by atoms with Gasteiger partial charge in [-0.2, -0.15) is 0 Å². The van der Waals surface area contributed by atoms with Gasteiger partial charge in [0, 0.05) is 31.7 Å². The first-order valence-electron chi connectivity index (χ1n) is 13.0. The summed E-state index contributed by atoms with van der Waals surface area (Å²) in [5, 5.41) is 23.9. The summed E-state index contributed by atoms with van der Waals surface area (Å²) in [7, 11) is 0.325. The number of hydrogen-bond acceptors (Lipinski definition) is 9. The SMILES string of the molecule is COc1ccc(-n2nnc(CCC(O)CN3c4ccccc4S(=O)c4ccc(N5CCOCC5)cc43)n2)cc1. The Labute approximate surface area is 229 Å². The molecular weight excluding hydrogens is 516 g/mol. The molecule has 0 aliphatic carbocycles. The maximum atomic E-state index is 13.4. The predicted octanol–water partition coefficient (Wildman–Crippen LogP) is 3.12. The predicted molar refractivity (Wildman–Crippen MR) is 148 cm³/mol. The average molecular weight is 547 g/mol. The summed E-state index contributed by atoms with van der Waals surface area (Å²) in [5.41, 5.74) is 3.55. The van der Waals surface area contributed by atoms with Crippen LogP contribution in [0.1, 0.15) is 12.2 Å². The van der Waals surface area contributed by atoms with Crippen molar-refractivity contribution in [2.24, 2.45) is 0 Å². The third-order valence-corrected chi connectivity index (χ3v) is 8.51. The second-order valence-corrected chi connectivity index (χ2v) is 10.9. The molecule has 0 radical (unpaired) electrons. The third-order valence-electron chi connectivity index (χ3n) is 7.02. The lowest BCUT2D eigenvalue weighted by molar-refractivity contribution is 0.122. The van der Waals surface area contributed by atoms with Gasteiger partial charge in [-0.3, -0.25) is 0 Å². The Morgan fingerprint density at radius 3 is 2.54 bits per heavy atom. The normalized spacial score (nSPS) is 17.4. The number of ether oxygens (including phenoxy) is 2. The number of fused-ring (bicyclic) bond motifs is 2. The molecule has 2 aliphatic rings. The van der Waals surface area contributed by atoms with Crippen LogP contribution in [-0.2, 0) is 22.0 Å². The second-order valence-electron chi connectivity index (χ2n) is 9.48. The van der Waals surface area contributed by atoms with E-state index in [2.05, 4.69) is 31.3 Å². The topological polar surface area (TPSA) is 106 Å². The summed E-state index contributed by atoms with van der Waals surface area (Å²) in [6.07, 6.45) is 0.256. The monoisotopic (exact) mass is 546 g/mol. The highest BCUT2D eigenvalue weighted by Crippen LogP contribution is 2.43. The largest absolute Gasteiger partial charge is 0.497 e. The second kappa shape index (κ2) is 11.1. The van der Waals surface area contributed by atoms with E-state index >= 15 is 0 Å². The zero-order chi connectivity index (χ0) is 26.8. The number of aromatic nitrogens is 4. The molecule has 0 spiro atoms. The molecule has 6 rings (SSSR count). The van der Waals surface area contributed by atoms with Gasteiger partial charge in [-0.15, -0.1) is 15.0 Å². The van der Waals surface area contributed by atoms with Gasteiger partial charge in [0.15, 0.2) is 5.82 Å². The van der Waals surface area contributed by atoms with E-state index in [1.807, 2.05) is 60.7 Å². The van der Waals surface area contributed by atoms with Gasteiger partial charge in [0.2, 0.25) is 0 Å². The summed E-state index contributed by atoms with van der Waals surface area (Å²) in [6, 6.07) is 21.2. The Balaban J connectivity index is 1.20. The molecule has 2 unspecified atom stereocenters. The van der Waals surface area contributed by atoms with Crippen LogP contribution in [0, 0.1) is 0 Å². The van der Waals surface area contributed by atoms with Gasteiger partial charge >= 0.3 is 0 Å². The Kier molecular flexibility index (Phi) is 7.27. The minimum Gasteiger partial charge on any atom is -0.497 e. The van der Waals surface area contributed by atoms with Gasteiger partial charge in [0.05, 0.1) is 64.1 Å². The van der Waals surface area contributed by atoms with Gasteiger partial charge in [-0.25, -0.2) is 4.21 Å². The fourth-order valence-electron chi connectivity index (χ4n) is 4.94. The summed E-state index contributed by atoms with van der Waals surface area (Å²) in [4.78, 5) is 7.34. The minimum atomic E-state index is -1.30. The highest BCUT2D eigenvalue weighted by molar-refractivity contribution is 7.85. The van der Waals surface area contributed by atoms with Crippen molar-refractivity contribution >= 4 is 27.9 Å². The number of aliphatic hydroxyl groups excluding tert-OH is 1. The Bertz CT molecular complexity index is 1470. The molecule has 1 fully saturated rings. The lowest BCUT2D eigenvalue weighted by Crippen LogP contribution is -2.37. The Hall–Kier alpha value is -3.80. The number of morpholine rings is 1. The van der Waals surface area contributed by atoms with Crippen LogP contribution in [-0.4, -0.2) is 75.6 Å². The summed E-state index contributed by atoms with van der Waals surface area (Å²) in [5.74, 6) is 1.31. The number of hydrogen-bond donors (Lipinski definition) is 1. The van der Waals surface area contributed by atoms with Gasteiger partial charge in [0.1, 0.15) is 5.75 Å². The van der Waals surface area contributed by atoms with E-state index < -0.39 is 16.9 Å². The van der Waals surface area contributed by atoms with Crippen molar-refractivity contribution in [3.63, 3.8) is 0 Å². The van der Waals surface area contributed by atoms with Gasteiger partial charge < -0.3 is 24.4 Å². The first-order valence-corrected chi connectivity index (χ1v) is 14.1. The van der Waals surface area contributed by atoms with Crippen molar-refractivity contribution in [2.75, 3.05) is 49.8 Å². The van der Waals surface area contributed by atoms with Crippen LogP contribution in [0.15, 0.2) is 76.5 Å². The maximum absolute atomic E-state index is 13.4. The standard InChI is InChI=1S/C28H30N6O4S/c1-37-23-10-6-20(7-11-23)34-30-28(29-31-34)13-9-22(35)19-33-24-4-2-3-5-26(24)39(36)27-12-8-21(18-25(27)33)32-14-16-38-17-15-32/h2-8,10-12,18,22,35H,9,13-17,19H2,1H3. The number of aryl methyl sites for hydroxylation is 1. The molecule has 3 aromatic carbocycles. The van der Waals surface area contributed by atoms with E-state index in [1.165, 1.54) is 4.80 Å². The highest BCUT2D eigenvalue weighted by Gasteiger charge is 2.30. The molecule has 1 N–H and O–H groups in total. The number of β-amino-alcohol motifs (C(OH)–C–C–N with tert-alkyl or cyclic N) is 1. The molecular formula is C28H30N6O4S. The highest BCUT2D eigenvalue weighted by atomic mass is 32.2. The fourth-order valence-corrected chi connectivity index (χ4v) is 6.30. The third kappa shape index (κ3) is 5.25. The van der Waals surface area contributed by atoms with E-state index in [0.717, 1.165) is 51.4 Å². The quantitative estimate of drug-likeness (QED) is 0.357. The number of anilines is 3. The molecule has 0 bridgehead atoms. The first kappa shape index (κ1) is 25.5. The zero-order valence-corrected chi connectivity index (χ0v) is 22.5. The molecule has 2 atom stereocenters. The molecule has 11 heteroatoms. The number of tetrazole rings is 1. The van der Waals surface area contributed by atoms with Crippen molar-refractivity contribution in [2.45, 2.75) is 28.7 Å². The summed E-state index contributed by atoms with van der Waals surface area (Å²) in [6.45, 7) is 3.34. The van der Waals surface area contributed by atoms with Gasteiger partial charge in [-0.05, 0) is 66.2 Å². The summed E-state index contributed by atoms with van der Waals surface area (Å²) >= 11 is 0. The van der Waals surface area contributed by atoms with E-state index in [-0.39, 0.29) is 0 Å². The van der Waals surface area contributed by atoms with E-state index in [0.29, 0.717) is 38.4 Å². The number of nitrogens with zero attached hydrogens (tertiary/aromatic N) is 6. The Morgan fingerprint density at radius 2 is 1.74 bits per heavy atom. The van der Waals surface area contributed by atoms with Crippen molar-refractivity contribution in [1.29, 1.82) is 0 Å². The van der Waals surface area contributed by atoms with Gasteiger partial charge in [0.25, 0.3) is 0 Å². The van der Waals surface area contributed by atoms with Crippen molar-refractivity contribution in [3.8, 4) is 11.4 Å². The van der Waals surface area contributed by atoms with Crippen LogP contribution >= 0.6 is 0 Å². The molecule has 2 aliphatic heterocycles. The van der Waals surface area contributed by atoms with E-state index in [1.54, 1.807) is 7.11 Å².